The molecule has 0 aliphatic carbocycles. The second kappa shape index (κ2) is 11.7. The minimum atomic E-state index is -4.44. The van der Waals surface area contributed by atoms with E-state index in [1.165, 1.54) is 12.1 Å². The number of halogens is 4. The van der Waals surface area contributed by atoms with Crippen molar-refractivity contribution in [3.8, 4) is 11.8 Å². The molecule has 1 amide bonds. The molecule has 0 fully saturated rings. The van der Waals surface area contributed by atoms with Crippen LogP contribution < -0.4 is 16.0 Å². The minimum Gasteiger partial charge on any atom is -0.367 e. The molecule has 10 heteroatoms. The number of hydrogen-bond donors (Lipinski definition) is 5. The molecule has 0 aliphatic rings. The highest BCUT2D eigenvalue weighted by Gasteiger charge is 2.30. The van der Waals surface area contributed by atoms with Crippen LogP contribution in [0, 0.1) is 17.3 Å². The number of nitrogens with one attached hydrogen (secondary N) is 4. The predicted octanol–water partition coefficient (Wildman–Crippen LogP) is 5.78. The average molecular weight is 515 g/mol. The van der Waals surface area contributed by atoms with Gasteiger partial charge in [0.1, 0.15) is 0 Å². The SMILES string of the molecule is CC#CC(O)NCc1ccc(Cl)c(C(=O)Nc2cccc(Nc3ccc(C(F)(F)F)cc3)c2C=N)c1. The Kier molecular flexibility index (Phi) is 8.72. The topological polar surface area (TPSA) is 97.2 Å². The maximum Gasteiger partial charge on any atom is 0.416 e. The molecule has 3 aromatic carbocycles. The lowest BCUT2D eigenvalue weighted by Crippen LogP contribution is -2.26. The lowest BCUT2D eigenvalue weighted by Gasteiger charge is -2.15. The second-order valence-corrected chi connectivity index (χ2v) is 7.96. The fraction of sp³-hybridized carbons (Fsp3) is 0.154. The van der Waals surface area contributed by atoms with Crippen LogP contribution >= 0.6 is 11.6 Å². The number of hydrogen-bond acceptors (Lipinski definition) is 5. The van der Waals surface area contributed by atoms with E-state index in [2.05, 4.69) is 27.8 Å². The molecule has 186 valence electrons. The molecule has 0 aliphatic heterocycles. The van der Waals surface area contributed by atoms with Gasteiger partial charge in [-0.1, -0.05) is 29.7 Å². The van der Waals surface area contributed by atoms with Crippen LogP contribution in [0.1, 0.15) is 34.0 Å². The molecule has 1 atom stereocenters. The number of alkyl halides is 3. The number of carbonyl (C=O) groups is 1. The lowest BCUT2D eigenvalue weighted by atomic mass is 10.1. The molecule has 0 heterocycles. The monoisotopic (exact) mass is 514 g/mol. The second-order valence-electron chi connectivity index (χ2n) is 7.56. The number of rotatable bonds is 8. The molecule has 36 heavy (non-hydrogen) atoms. The van der Waals surface area contributed by atoms with Crippen molar-refractivity contribution in [2.45, 2.75) is 25.9 Å². The zero-order chi connectivity index (χ0) is 26.3. The van der Waals surface area contributed by atoms with Gasteiger partial charge in [0.05, 0.1) is 21.8 Å². The third kappa shape index (κ3) is 6.86. The summed E-state index contributed by atoms with van der Waals surface area (Å²) in [4.78, 5) is 13.0. The lowest BCUT2D eigenvalue weighted by molar-refractivity contribution is -0.137. The number of amides is 1. The highest BCUT2D eigenvalue weighted by atomic mass is 35.5. The molecule has 3 rings (SSSR count). The van der Waals surface area contributed by atoms with E-state index in [-0.39, 0.29) is 17.1 Å². The normalized spacial score (nSPS) is 11.7. The van der Waals surface area contributed by atoms with E-state index in [1.54, 1.807) is 43.3 Å². The largest absolute Gasteiger partial charge is 0.416 e. The third-order valence-corrected chi connectivity index (χ3v) is 5.38. The van der Waals surface area contributed by atoms with E-state index in [1.807, 2.05) is 0 Å². The quantitative estimate of drug-likeness (QED) is 0.149. The van der Waals surface area contributed by atoms with E-state index < -0.39 is 23.9 Å². The summed E-state index contributed by atoms with van der Waals surface area (Å²) in [6, 6.07) is 14.2. The van der Waals surface area contributed by atoms with E-state index in [9.17, 15) is 23.1 Å². The molecule has 3 aromatic rings. The summed E-state index contributed by atoms with van der Waals surface area (Å²) in [7, 11) is 0. The van der Waals surface area contributed by atoms with Crippen LogP contribution in [-0.4, -0.2) is 23.5 Å². The summed E-state index contributed by atoms with van der Waals surface area (Å²) < 4.78 is 38.5. The number of anilines is 3. The zero-order valence-corrected chi connectivity index (χ0v) is 19.8. The van der Waals surface area contributed by atoms with Crippen molar-refractivity contribution < 1.29 is 23.1 Å². The van der Waals surface area contributed by atoms with Gasteiger partial charge in [0, 0.05) is 29.7 Å². The highest BCUT2D eigenvalue weighted by Crippen LogP contribution is 2.32. The number of benzene rings is 3. The van der Waals surface area contributed by atoms with Gasteiger partial charge in [-0.2, -0.15) is 13.2 Å². The Hall–Kier alpha value is -3.84. The van der Waals surface area contributed by atoms with Crippen molar-refractivity contribution in [1.82, 2.24) is 5.32 Å². The summed E-state index contributed by atoms with van der Waals surface area (Å²) in [5, 5.41) is 26.3. The van der Waals surface area contributed by atoms with E-state index in [4.69, 9.17) is 17.0 Å². The van der Waals surface area contributed by atoms with E-state index in [0.717, 1.165) is 18.3 Å². The molecule has 0 radical (unpaired) electrons. The first-order valence-electron chi connectivity index (χ1n) is 10.6. The molecular weight excluding hydrogens is 493 g/mol. The van der Waals surface area contributed by atoms with Crippen molar-refractivity contribution in [3.05, 3.63) is 87.9 Å². The van der Waals surface area contributed by atoms with Crippen molar-refractivity contribution >= 4 is 40.8 Å². The summed E-state index contributed by atoms with van der Waals surface area (Å²) >= 11 is 6.24. The van der Waals surface area contributed by atoms with Crippen LogP contribution in [-0.2, 0) is 12.7 Å². The molecule has 1 unspecified atom stereocenters. The van der Waals surface area contributed by atoms with Gasteiger partial charge >= 0.3 is 6.18 Å². The molecule has 0 aromatic heterocycles. The summed E-state index contributed by atoms with van der Waals surface area (Å²) in [6.07, 6.45) is -4.43. The van der Waals surface area contributed by atoms with Gasteiger partial charge < -0.3 is 21.1 Å². The Morgan fingerprint density at radius 3 is 2.47 bits per heavy atom. The maximum atomic E-state index is 13.0. The molecule has 5 N–H and O–H groups in total. The number of aliphatic hydroxyl groups is 1. The molecule has 6 nitrogen and oxygen atoms in total. The molecule has 0 saturated carbocycles. The fourth-order valence-electron chi connectivity index (χ4n) is 3.29. The Balaban J connectivity index is 1.80. The average Bonchev–Trinajstić information content (AvgIpc) is 2.83. The first kappa shape index (κ1) is 26.8. The smallest absolute Gasteiger partial charge is 0.367 e. The molecule has 0 bridgehead atoms. The first-order valence-corrected chi connectivity index (χ1v) is 11.0. The van der Waals surface area contributed by atoms with Crippen LogP contribution in [0.25, 0.3) is 0 Å². The number of carbonyl (C=O) groups excluding carboxylic acids is 1. The fourth-order valence-corrected chi connectivity index (χ4v) is 3.49. The van der Waals surface area contributed by atoms with Gasteiger partial charge in [0.15, 0.2) is 6.23 Å². The Morgan fingerprint density at radius 2 is 1.83 bits per heavy atom. The van der Waals surface area contributed by atoms with Crippen molar-refractivity contribution in [2.24, 2.45) is 0 Å². The van der Waals surface area contributed by atoms with Crippen LogP contribution in [0.2, 0.25) is 5.02 Å². The van der Waals surface area contributed by atoms with Gasteiger partial charge in [0.25, 0.3) is 5.91 Å². The van der Waals surface area contributed by atoms with E-state index >= 15 is 0 Å². The van der Waals surface area contributed by atoms with Gasteiger partial charge in [-0.3, -0.25) is 10.1 Å². The van der Waals surface area contributed by atoms with Crippen LogP contribution in [0.3, 0.4) is 0 Å². The van der Waals surface area contributed by atoms with Gasteiger partial charge in [0.2, 0.25) is 0 Å². The van der Waals surface area contributed by atoms with Crippen molar-refractivity contribution in [2.75, 3.05) is 10.6 Å². The van der Waals surface area contributed by atoms with Gasteiger partial charge in [-0.05, 0) is 61.0 Å². The predicted molar refractivity (Wildman–Crippen MR) is 135 cm³/mol. The molecule has 0 spiro atoms. The number of aliphatic hydroxyl groups excluding tert-OH is 1. The first-order chi connectivity index (χ1) is 17.1. The Labute approximate surface area is 211 Å². The third-order valence-electron chi connectivity index (χ3n) is 5.05. The molecule has 0 saturated heterocycles. The summed E-state index contributed by atoms with van der Waals surface area (Å²) in [5.41, 5.74) is 1.52. The van der Waals surface area contributed by atoms with E-state index in [0.29, 0.717) is 28.2 Å². The summed E-state index contributed by atoms with van der Waals surface area (Å²) in [5.74, 6) is 4.62. The molecular formula is C26H22ClF3N4O2. The minimum absolute atomic E-state index is 0.184. The Bertz CT molecular complexity index is 1320. The van der Waals surface area contributed by atoms with Gasteiger partial charge in [-0.15, -0.1) is 5.92 Å². The van der Waals surface area contributed by atoms with Crippen molar-refractivity contribution in [3.63, 3.8) is 0 Å². The standard InChI is InChI=1S/C26H22ClF3N4O2/c1-2-4-24(35)32-15-16-7-12-21(27)19(13-16)25(36)34-23-6-3-5-22(20(23)14-31)33-18-10-8-17(9-11-18)26(28,29)30/h3,5-14,24,31-33,35H,15H2,1H3,(H,34,36). The van der Waals surface area contributed by atoms with Gasteiger partial charge in [-0.25, -0.2) is 0 Å². The maximum absolute atomic E-state index is 13.0. The highest BCUT2D eigenvalue weighted by molar-refractivity contribution is 6.34. The van der Waals surface area contributed by atoms with Crippen LogP contribution in [0.5, 0.6) is 0 Å². The zero-order valence-electron chi connectivity index (χ0n) is 19.0. The van der Waals surface area contributed by atoms with Crippen LogP contribution in [0.15, 0.2) is 60.7 Å². The Morgan fingerprint density at radius 1 is 1.14 bits per heavy atom. The van der Waals surface area contributed by atoms with Crippen LogP contribution in [0.4, 0.5) is 30.2 Å². The van der Waals surface area contributed by atoms with Crippen molar-refractivity contribution in [1.29, 1.82) is 5.41 Å². The summed E-state index contributed by atoms with van der Waals surface area (Å²) in [6.45, 7) is 1.85.